The average molecular weight is 233 g/mol. The molecule has 0 aliphatic heterocycles. The van der Waals surface area contributed by atoms with Crippen molar-refractivity contribution < 1.29 is 0 Å². The fraction of sp³-hybridized carbons (Fsp3) is 0.625. The molecule has 0 amide bonds. The topological polar surface area (TPSA) is 12.0 Å². The van der Waals surface area contributed by atoms with Crippen molar-refractivity contribution in [2.75, 3.05) is 6.54 Å². The third-order valence-corrected chi connectivity index (χ3v) is 3.54. The van der Waals surface area contributed by atoms with Crippen LogP contribution in [0.1, 0.15) is 38.8 Å². The number of hydrogen-bond donors (Lipinski definition) is 1. The molecule has 0 aromatic heterocycles. The van der Waals surface area contributed by atoms with Crippen molar-refractivity contribution in [1.82, 2.24) is 5.32 Å². The standard InChI is InChI=1S/C16H27N/c1-12(2)16(13(3)4)11-17-10-15-8-6-14(5)7-9-15/h6-9,12-13,16-17H,10-11H2,1-5H3. The van der Waals surface area contributed by atoms with E-state index in [1.54, 1.807) is 0 Å². The maximum Gasteiger partial charge on any atom is 0.0205 e. The van der Waals surface area contributed by atoms with Crippen LogP contribution in [0, 0.1) is 24.7 Å². The third-order valence-electron chi connectivity index (χ3n) is 3.54. The summed E-state index contributed by atoms with van der Waals surface area (Å²) < 4.78 is 0. The van der Waals surface area contributed by atoms with Crippen molar-refractivity contribution in [3.8, 4) is 0 Å². The zero-order valence-electron chi connectivity index (χ0n) is 12.0. The van der Waals surface area contributed by atoms with Crippen molar-refractivity contribution in [2.24, 2.45) is 17.8 Å². The maximum absolute atomic E-state index is 3.58. The van der Waals surface area contributed by atoms with Crippen LogP contribution in [-0.4, -0.2) is 6.54 Å². The van der Waals surface area contributed by atoms with E-state index in [1.807, 2.05) is 0 Å². The van der Waals surface area contributed by atoms with Gasteiger partial charge in [0.05, 0.1) is 0 Å². The minimum atomic E-state index is 0.750. The second kappa shape index (κ2) is 6.80. The molecule has 0 aliphatic rings. The Bertz CT molecular complexity index is 303. The molecule has 0 heterocycles. The van der Waals surface area contributed by atoms with Gasteiger partial charge in [-0.1, -0.05) is 57.5 Å². The molecule has 1 nitrogen and oxygen atoms in total. The number of rotatable bonds is 6. The van der Waals surface area contributed by atoms with E-state index in [-0.39, 0.29) is 0 Å². The summed E-state index contributed by atoms with van der Waals surface area (Å²) in [4.78, 5) is 0. The van der Waals surface area contributed by atoms with E-state index in [4.69, 9.17) is 0 Å². The molecule has 0 saturated heterocycles. The number of hydrogen-bond acceptors (Lipinski definition) is 1. The van der Waals surface area contributed by atoms with Gasteiger partial charge in [-0.3, -0.25) is 0 Å². The Labute approximate surface area is 107 Å². The van der Waals surface area contributed by atoms with E-state index < -0.39 is 0 Å². The van der Waals surface area contributed by atoms with Crippen molar-refractivity contribution in [2.45, 2.75) is 41.2 Å². The molecule has 0 aliphatic carbocycles. The van der Waals surface area contributed by atoms with E-state index in [9.17, 15) is 0 Å². The van der Waals surface area contributed by atoms with Crippen LogP contribution in [0.2, 0.25) is 0 Å². The first-order valence-electron chi connectivity index (χ1n) is 6.77. The normalized spacial score (nSPS) is 11.8. The molecular formula is C16H27N. The summed E-state index contributed by atoms with van der Waals surface area (Å²) in [6, 6.07) is 8.78. The third kappa shape index (κ3) is 4.91. The lowest BCUT2D eigenvalue weighted by Gasteiger charge is -2.25. The lowest BCUT2D eigenvalue weighted by atomic mass is 9.85. The quantitative estimate of drug-likeness (QED) is 0.782. The first-order valence-corrected chi connectivity index (χ1v) is 6.77. The van der Waals surface area contributed by atoms with Gasteiger partial charge < -0.3 is 5.32 Å². The van der Waals surface area contributed by atoms with Gasteiger partial charge >= 0.3 is 0 Å². The molecule has 96 valence electrons. The first kappa shape index (κ1) is 14.2. The Balaban J connectivity index is 2.38. The van der Waals surface area contributed by atoms with Crippen molar-refractivity contribution in [3.63, 3.8) is 0 Å². The van der Waals surface area contributed by atoms with Gasteiger partial charge in [0.1, 0.15) is 0 Å². The van der Waals surface area contributed by atoms with E-state index in [1.165, 1.54) is 11.1 Å². The van der Waals surface area contributed by atoms with Gasteiger partial charge in [-0.05, 0) is 36.8 Å². The lowest BCUT2D eigenvalue weighted by Crippen LogP contribution is -2.29. The second-order valence-electron chi connectivity index (χ2n) is 5.77. The van der Waals surface area contributed by atoms with Crippen molar-refractivity contribution in [1.29, 1.82) is 0 Å². The Morgan fingerprint density at radius 2 is 1.47 bits per heavy atom. The predicted octanol–water partition coefficient (Wildman–Crippen LogP) is 4.01. The van der Waals surface area contributed by atoms with Gasteiger partial charge in [-0.25, -0.2) is 0 Å². The highest BCUT2D eigenvalue weighted by molar-refractivity contribution is 5.21. The summed E-state index contributed by atoms with van der Waals surface area (Å²) in [5, 5.41) is 3.58. The largest absolute Gasteiger partial charge is 0.312 e. The molecule has 1 aromatic rings. The molecule has 1 N–H and O–H groups in total. The molecule has 0 unspecified atom stereocenters. The summed E-state index contributed by atoms with van der Waals surface area (Å²) in [5.41, 5.74) is 2.71. The molecule has 1 rings (SSSR count). The van der Waals surface area contributed by atoms with Crippen LogP contribution < -0.4 is 5.32 Å². The molecule has 1 aromatic carbocycles. The van der Waals surface area contributed by atoms with Crippen molar-refractivity contribution >= 4 is 0 Å². The fourth-order valence-electron chi connectivity index (χ4n) is 2.33. The maximum atomic E-state index is 3.58. The van der Waals surface area contributed by atoms with Gasteiger partial charge in [-0.2, -0.15) is 0 Å². The zero-order chi connectivity index (χ0) is 12.8. The SMILES string of the molecule is Cc1ccc(CNCC(C(C)C)C(C)C)cc1. The van der Waals surface area contributed by atoms with Crippen LogP contribution in [0.5, 0.6) is 0 Å². The number of aryl methyl sites for hydroxylation is 1. The van der Waals surface area contributed by atoms with Crippen LogP contribution in [0.15, 0.2) is 24.3 Å². The smallest absolute Gasteiger partial charge is 0.0205 e. The van der Waals surface area contributed by atoms with Crippen LogP contribution >= 0.6 is 0 Å². The minimum absolute atomic E-state index is 0.750. The molecule has 0 saturated carbocycles. The molecule has 0 spiro atoms. The summed E-state index contributed by atoms with van der Waals surface area (Å²) in [6.07, 6.45) is 0. The lowest BCUT2D eigenvalue weighted by molar-refractivity contribution is 0.275. The molecule has 0 bridgehead atoms. The van der Waals surface area contributed by atoms with E-state index in [0.29, 0.717) is 0 Å². The number of benzene rings is 1. The summed E-state index contributed by atoms with van der Waals surface area (Å²) in [6.45, 7) is 13.5. The van der Waals surface area contributed by atoms with Gasteiger partial charge in [-0.15, -0.1) is 0 Å². The van der Waals surface area contributed by atoms with Gasteiger partial charge in [0, 0.05) is 6.54 Å². The Morgan fingerprint density at radius 1 is 0.941 bits per heavy atom. The predicted molar refractivity (Wildman–Crippen MR) is 76.1 cm³/mol. The Morgan fingerprint density at radius 3 is 1.94 bits per heavy atom. The summed E-state index contributed by atoms with van der Waals surface area (Å²) in [5.74, 6) is 2.27. The fourth-order valence-corrected chi connectivity index (χ4v) is 2.33. The molecule has 0 fully saturated rings. The summed E-state index contributed by atoms with van der Waals surface area (Å²) in [7, 11) is 0. The van der Waals surface area contributed by atoms with Crippen LogP contribution in [0.4, 0.5) is 0 Å². The Hall–Kier alpha value is -0.820. The highest BCUT2D eigenvalue weighted by atomic mass is 14.9. The average Bonchev–Trinajstić information content (AvgIpc) is 2.25. The zero-order valence-corrected chi connectivity index (χ0v) is 12.0. The van der Waals surface area contributed by atoms with E-state index in [2.05, 4.69) is 64.2 Å². The highest BCUT2D eigenvalue weighted by Crippen LogP contribution is 2.19. The van der Waals surface area contributed by atoms with E-state index >= 15 is 0 Å². The second-order valence-corrected chi connectivity index (χ2v) is 5.77. The van der Waals surface area contributed by atoms with Crippen molar-refractivity contribution in [3.05, 3.63) is 35.4 Å². The molecule has 17 heavy (non-hydrogen) atoms. The van der Waals surface area contributed by atoms with Crippen LogP contribution in [0.25, 0.3) is 0 Å². The van der Waals surface area contributed by atoms with Gasteiger partial charge in [0.25, 0.3) is 0 Å². The molecule has 0 atom stereocenters. The minimum Gasteiger partial charge on any atom is -0.312 e. The van der Waals surface area contributed by atoms with Gasteiger partial charge in [0.2, 0.25) is 0 Å². The Kier molecular flexibility index (Phi) is 5.70. The van der Waals surface area contributed by atoms with Crippen LogP contribution in [0.3, 0.4) is 0 Å². The monoisotopic (exact) mass is 233 g/mol. The van der Waals surface area contributed by atoms with E-state index in [0.717, 1.165) is 30.8 Å². The highest BCUT2D eigenvalue weighted by Gasteiger charge is 2.16. The summed E-state index contributed by atoms with van der Waals surface area (Å²) >= 11 is 0. The molecular weight excluding hydrogens is 206 g/mol. The number of nitrogens with one attached hydrogen (secondary N) is 1. The first-order chi connectivity index (χ1) is 8.00. The van der Waals surface area contributed by atoms with Gasteiger partial charge in [0.15, 0.2) is 0 Å². The molecule has 1 heteroatoms. The molecule has 0 radical (unpaired) electrons. The van der Waals surface area contributed by atoms with Crippen LogP contribution in [-0.2, 0) is 6.54 Å².